The molecule has 3 atom stereocenters. The second-order valence-corrected chi connectivity index (χ2v) is 7.71. The molecule has 0 spiro atoms. The number of ketones is 1. The van der Waals surface area contributed by atoms with Crippen LogP contribution in [-0.2, 0) is 4.79 Å². The minimum atomic E-state index is -0.405. The van der Waals surface area contributed by atoms with Gasteiger partial charge in [0.2, 0.25) is 0 Å². The van der Waals surface area contributed by atoms with Gasteiger partial charge >= 0.3 is 0 Å². The second-order valence-electron chi connectivity index (χ2n) is 7.71. The highest BCUT2D eigenvalue weighted by atomic mass is 16.3. The van der Waals surface area contributed by atoms with Gasteiger partial charge < -0.3 is 5.11 Å². The van der Waals surface area contributed by atoms with Gasteiger partial charge in [-0.15, -0.1) is 0 Å². The molecule has 2 rings (SSSR count). The highest BCUT2D eigenvalue weighted by Gasteiger charge is 2.46. The predicted octanol–water partition coefficient (Wildman–Crippen LogP) is 4.60. The molecule has 0 aromatic heterocycles. The number of aliphatic hydroxyl groups excluding tert-OH is 1. The largest absolute Gasteiger partial charge is 0.389 e. The number of carbonyl (C=O) groups excluding carboxylic acids is 1. The van der Waals surface area contributed by atoms with Crippen LogP contribution in [0.15, 0.2) is 34.9 Å². The number of rotatable bonds is 1. The Morgan fingerprint density at radius 1 is 1.27 bits per heavy atom. The third kappa shape index (κ3) is 3.43. The first kappa shape index (κ1) is 17.2. The second kappa shape index (κ2) is 6.54. The number of hydrogen-bond donors (Lipinski definition) is 1. The van der Waals surface area contributed by atoms with Gasteiger partial charge in [-0.1, -0.05) is 49.6 Å². The molecule has 0 aliphatic heterocycles. The summed E-state index contributed by atoms with van der Waals surface area (Å²) < 4.78 is 0. The zero-order valence-electron chi connectivity index (χ0n) is 14.6. The summed E-state index contributed by atoms with van der Waals surface area (Å²) in [6, 6.07) is 0. The number of allylic oxidation sites excluding steroid dienone is 4. The van der Waals surface area contributed by atoms with E-state index in [2.05, 4.69) is 40.7 Å². The van der Waals surface area contributed by atoms with E-state index >= 15 is 0 Å². The Bertz CT molecular complexity index is 536. The van der Waals surface area contributed by atoms with Crippen LogP contribution in [0.5, 0.6) is 0 Å². The lowest BCUT2D eigenvalue weighted by Gasteiger charge is -2.33. The van der Waals surface area contributed by atoms with E-state index in [0.717, 1.165) is 19.3 Å². The van der Waals surface area contributed by atoms with E-state index in [4.69, 9.17) is 0 Å². The van der Waals surface area contributed by atoms with Crippen LogP contribution in [0, 0.1) is 17.3 Å². The van der Waals surface area contributed by atoms with Gasteiger partial charge in [0.15, 0.2) is 5.78 Å². The van der Waals surface area contributed by atoms with Crippen LogP contribution < -0.4 is 0 Å². The van der Waals surface area contributed by atoms with Crippen LogP contribution in [0.3, 0.4) is 0 Å². The van der Waals surface area contributed by atoms with Crippen molar-refractivity contribution in [3.8, 4) is 0 Å². The smallest absolute Gasteiger partial charge is 0.162 e. The average Bonchev–Trinajstić information content (AvgIpc) is 2.65. The summed E-state index contributed by atoms with van der Waals surface area (Å²) in [6.45, 7) is 10.6. The molecular formula is C20H30O2. The van der Waals surface area contributed by atoms with E-state index < -0.39 is 6.10 Å². The first-order valence-corrected chi connectivity index (χ1v) is 8.51. The Morgan fingerprint density at radius 3 is 2.59 bits per heavy atom. The molecule has 0 heterocycles. The monoisotopic (exact) mass is 302 g/mol. The normalized spacial score (nSPS) is 38.5. The van der Waals surface area contributed by atoms with Crippen molar-refractivity contribution in [2.24, 2.45) is 17.3 Å². The number of carbonyl (C=O) groups is 1. The van der Waals surface area contributed by atoms with Gasteiger partial charge in [-0.3, -0.25) is 4.79 Å². The average molecular weight is 302 g/mol. The molecule has 0 aromatic rings. The maximum atomic E-state index is 12.7. The quantitative estimate of drug-likeness (QED) is 0.719. The van der Waals surface area contributed by atoms with Gasteiger partial charge in [-0.2, -0.15) is 0 Å². The molecule has 2 nitrogen and oxygen atoms in total. The molecule has 0 bridgehead atoms. The predicted molar refractivity (Wildman–Crippen MR) is 91.5 cm³/mol. The van der Waals surface area contributed by atoms with Gasteiger partial charge in [-0.25, -0.2) is 0 Å². The van der Waals surface area contributed by atoms with Crippen molar-refractivity contribution in [3.63, 3.8) is 0 Å². The van der Waals surface area contributed by atoms with Crippen molar-refractivity contribution in [2.45, 2.75) is 66.4 Å². The van der Waals surface area contributed by atoms with E-state index in [1.54, 1.807) is 0 Å². The first-order valence-electron chi connectivity index (χ1n) is 8.51. The van der Waals surface area contributed by atoms with Crippen molar-refractivity contribution in [1.82, 2.24) is 0 Å². The Morgan fingerprint density at radius 2 is 1.95 bits per heavy atom. The third-order valence-corrected chi connectivity index (χ3v) is 5.41. The molecule has 122 valence electrons. The van der Waals surface area contributed by atoms with E-state index in [0.29, 0.717) is 18.3 Å². The molecule has 2 aliphatic rings. The molecule has 2 heteroatoms. The van der Waals surface area contributed by atoms with Crippen LogP contribution in [-0.4, -0.2) is 17.0 Å². The van der Waals surface area contributed by atoms with Gasteiger partial charge in [0, 0.05) is 5.41 Å². The topological polar surface area (TPSA) is 37.3 Å². The van der Waals surface area contributed by atoms with Crippen LogP contribution in [0.1, 0.15) is 60.3 Å². The van der Waals surface area contributed by atoms with Crippen molar-refractivity contribution >= 4 is 5.78 Å². The number of aliphatic hydroxyl groups is 1. The fraction of sp³-hybridized carbons (Fsp3) is 0.650. The molecule has 0 saturated carbocycles. The van der Waals surface area contributed by atoms with E-state index in [9.17, 15) is 9.90 Å². The van der Waals surface area contributed by atoms with Crippen LogP contribution in [0.25, 0.3) is 0 Å². The fourth-order valence-electron chi connectivity index (χ4n) is 3.90. The molecule has 0 unspecified atom stereocenters. The number of hydrogen-bond acceptors (Lipinski definition) is 2. The third-order valence-electron chi connectivity index (χ3n) is 5.41. The summed E-state index contributed by atoms with van der Waals surface area (Å²) in [6.07, 6.45) is 9.05. The Labute approximate surface area is 135 Å². The minimum absolute atomic E-state index is 0.284. The lowest BCUT2D eigenvalue weighted by atomic mass is 9.69. The summed E-state index contributed by atoms with van der Waals surface area (Å²) >= 11 is 0. The zero-order valence-corrected chi connectivity index (χ0v) is 14.6. The molecule has 2 aliphatic carbocycles. The Kier molecular flexibility index (Phi) is 5.11. The highest BCUT2D eigenvalue weighted by molar-refractivity contribution is 5.98. The van der Waals surface area contributed by atoms with Gasteiger partial charge in [-0.05, 0) is 57.4 Å². The summed E-state index contributed by atoms with van der Waals surface area (Å²) in [7, 11) is 0. The zero-order chi connectivity index (χ0) is 16.5. The molecule has 0 fully saturated rings. The van der Waals surface area contributed by atoms with E-state index in [1.807, 2.05) is 12.2 Å². The summed E-state index contributed by atoms with van der Waals surface area (Å²) in [5, 5.41) is 10.1. The highest BCUT2D eigenvalue weighted by Crippen LogP contribution is 2.48. The molecule has 0 aromatic carbocycles. The van der Waals surface area contributed by atoms with E-state index in [1.165, 1.54) is 16.7 Å². The van der Waals surface area contributed by atoms with Crippen molar-refractivity contribution < 1.29 is 9.90 Å². The Balaban J connectivity index is 2.39. The van der Waals surface area contributed by atoms with Crippen molar-refractivity contribution in [2.75, 3.05) is 0 Å². The van der Waals surface area contributed by atoms with Gasteiger partial charge in [0.25, 0.3) is 0 Å². The fourth-order valence-corrected chi connectivity index (χ4v) is 3.90. The van der Waals surface area contributed by atoms with Crippen LogP contribution in [0.4, 0.5) is 0 Å². The van der Waals surface area contributed by atoms with Gasteiger partial charge in [0.1, 0.15) is 0 Å². The van der Waals surface area contributed by atoms with Crippen molar-refractivity contribution in [1.29, 1.82) is 0 Å². The Hall–Kier alpha value is -1.15. The summed E-state index contributed by atoms with van der Waals surface area (Å²) in [5.74, 6) is 1.02. The lowest BCUT2D eigenvalue weighted by Crippen LogP contribution is -2.31. The number of fused-ring (bicyclic) bond motifs is 1. The summed E-state index contributed by atoms with van der Waals surface area (Å²) in [5.41, 5.74) is 3.40. The SMILES string of the molecule is C/C1=C/[C@H](O)C/C(C)=C/C[C@@]2(C)C(=O)C=C(C(C)C)[C@@H]2CC1. The minimum Gasteiger partial charge on any atom is -0.389 e. The first-order chi connectivity index (χ1) is 10.2. The van der Waals surface area contributed by atoms with Crippen molar-refractivity contribution in [3.05, 3.63) is 34.9 Å². The molecular weight excluding hydrogens is 272 g/mol. The molecule has 0 saturated heterocycles. The lowest BCUT2D eigenvalue weighted by molar-refractivity contribution is -0.123. The van der Waals surface area contributed by atoms with Gasteiger partial charge in [0.05, 0.1) is 6.10 Å². The maximum absolute atomic E-state index is 12.7. The van der Waals surface area contributed by atoms with Crippen LogP contribution >= 0.6 is 0 Å². The molecule has 0 amide bonds. The van der Waals surface area contributed by atoms with Crippen LogP contribution in [0.2, 0.25) is 0 Å². The molecule has 0 radical (unpaired) electrons. The molecule has 22 heavy (non-hydrogen) atoms. The maximum Gasteiger partial charge on any atom is 0.162 e. The standard InChI is InChI=1S/C20H30O2/c1-13(2)17-12-19(22)20(5)9-8-15(4)11-16(21)10-14(3)6-7-18(17)20/h8,10,12-13,16,18,21H,6-7,9,11H2,1-5H3/b14-10-,15-8+/t16-,18-,20+/m0/s1. The summed E-state index contributed by atoms with van der Waals surface area (Å²) in [4.78, 5) is 12.7. The van der Waals surface area contributed by atoms with E-state index in [-0.39, 0.29) is 11.2 Å². The molecule has 1 N–H and O–H groups in total.